The number of rotatable bonds is 5. The average molecular weight is 495 g/mol. The first-order valence-electron chi connectivity index (χ1n) is 9.61. The lowest BCUT2D eigenvalue weighted by Gasteiger charge is -2.28. The van der Waals surface area contributed by atoms with Crippen molar-refractivity contribution < 1.29 is 4.79 Å². The second kappa shape index (κ2) is 10.0. The molecule has 1 amide bonds. The van der Waals surface area contributed by atoms with Gasteiger partial charge in [0, 0.05) is 5.69 Å². The molecule has 0 aliphatic rings. The number of hydrogen-bond acceptors (Lipinski definition) is 2. The van der Waals surface area contributed by atoms with Crippen LogP contribution < -0.4 is 16.0 Å². The monoisotopic (exact) mass is 493 g/mol. The highest BCUT2D eigenvalue weighted by molar-refractivity contribution is 7.80. The van der Waals surface area contributed by atoms with Gasteiger partial charge in [-0.1, -0.05) is 89.4 Å². The van der Waals surface area contributed by atoms with Crippen LogP contribution in [0.1, 0.15) is 16.7 Å². The van der Waals surface area contributed by atoms with Crippen LogP contribution in [0, 0.1) is 13.8 Å². The summed E-state index contributed by atoms with van der Waals surface area (Å²) < 4.78 is -1.82. The van der Waals surface area contributed by atoms with Gasteiger partial charge in [0.2, 0.25) is 9.70 Å². The number of halogens is 3. The van der Waals surface area contributed by atoms with Crippen molar-refractivity contribution in [1.29, 1.82) is 0 Å². The predicted molar refractivity (Wildman–Crippen MR) is 135 cm³/mol. The van der Waals surface area contributed by atoms with Crippen molar-refractivity contribution in [2.45, 2.75) is 30.2 Å². The molecular weight excluding hydrogens is 473 g/mol. The van der Waals surface area contributed by atoms with E-state index in [4.69, 9.17) is 47.0 Å². The molecule has 3 aromatic carbocycles. The average Bonchev–Trinajstić information content (AvgIpc) is 2.70. The first kappa shape index (κ1) is 23.6. The number of carbonyl (C=O) groups excluding carboxylic acids is 1. The number of benzene rings is 3. The molecule has 0 fully saturated rings. The predicted octanol–water partition coefficient (Wildman–Crippen LogP) is 5.80. The van der Waals surface area contributed by atoms with Crippen LogP contribution in [-0.4, -0.2) is 21.0 Å². The molecule has 3 aromatic rings. The van der Waals surface area contributed by atoms with Crippen molar-refractivity contribution in [3.8, 4) is 0 Å². The molecule has 1 atom stereocenters. The minimum Gasteiger partial charge on any atom is -0.339 e. The van der Waals surface area contributed by atoms with E-state index in [-0.39, 0.29) is 17.4 Å². The van der Waals surface area contributed by atoms with Crippen molar-refractivity contribution in [2.75, 3.05) is 5.32 Å². The molecule has 0 radical (unpaired) electrons. The Morgan fingerprint density at radius 1 is 1.00 bits per heavy atom. The van der Waals surface area contributed by atoms with Gasteiger partial charge in [0.15, 0.2) is 5.11 Å². The summed E-state index contributed by atoms with van der Waals surface area (Å²) in [5, 5.41) is 11.0. The third-order valence-electron chi connectivity index (χ3n) is 4.78. The number of anilines is 1. The molecule has 0 heterocycles. The third kappa shape index (κ3) is 6.47. The quantitative estimate of drug-likeness (QED) is 0.238. The van der Waals surface area contributed by atoms with E-state index in [2.05, 4.69) is 16.0 Å². The van der Waals surface area contributed by atoms with Crippen LogP contribution >= 0.6 is 47.0 Å². The fourth-order valence-electron chi connectivity index (χ4n) is 3.19. The number of hydrogen-bond donors (Lipinski definition) is 3. The second-order valence-corrected chi connectivity index (χ2v) is 10.1. The highest BCUT2D eigenvalue weighted by atomic mass is 35.6. The van der Waals surface area contributed by atoms with E-state index in [9.17, 15) is 4.79 Å². The van der Waals surface area contributed by atoms with Crippen LogP contribution in [0.4, 0.5) is 5.69 Å². The Hall–Kier alpha value is -2.05. The van der Waals surface area contributed by atoms with Gasteiger partial charge in [-0.05, 0) is 59.6 Å². The standard InChI is InChI=1S/C23H22Cl3N3OS/c1-14-10-11-15(2)19(12-14)27-22(31)29-21(23(24,25)26)28-20(30)13-17-8-5-7-16-6-3-4-9-18(16)17/h3-12,21H,13H2,1-2H3,(H,28,30)(H2,27,29,31)/t21-/m1/s1. The number of nitrogens with one attached hydrogen (secondary N) is 3. The van der Waals surface area contributed by atoms with Crippen LogP contribution in [0.3, 0.4) is 0 Å². The lowest BCUT2D eigenvalue weighted by atomic mass is 10.0. The van der Waals surface area contributed by atoms with Gasteiger partial charge in [-0.3, -0.25) is 4.79 Å². The highest BCUT2D eigenvalue weighted by Gasteiger charge is 2.34. The van der Waals surface area contributed by atoms with E-state index < -0.39 is 9.96 Å². The summed E-state index contributed by atoms with van der Waals surface area (Å²) in [5.74, 6) is -0.297. The van der Waals surface area contributed by atoms with Gasteiger partial charge in [-0.2, -0.15) is 0 Å². The molecule has 0 bridgehead atoms. The first-order chi connectivity index (χ1) is 14.6. The van der Waals surface area contributed by atoms with Crippen LogP contribution in [0.15, 0.2) is 60.7 Å². The van der Waals surface area contributed by atoms with Crippen molar-refractivity contribution in [3.63, 3.8) is 0 Å². The first-order valence-corrected chi connectivity index (χ1v) is 11.1. The zero-order valence-electron chi connectivity index (χ0n) is 17.0. The van der Waals surface area contributed by atoms with E-state index in [1.54, 1.807) is 0 Å². The molecule has 4 nitrogen and oxygen atoms in total. The summed E-state index contributed by atoms with van der Waals surface area (Å²) in [6, 6.07) is 19.7. The summed E-state index contributed by atoms with van der Waals surface area (Å²) >= 11 is 23.7. The maximum atomic E-state index is 12.8. The Labute approximate surface area is 202 Å². The molecule has 3 rings (SSSR count). The summed E-state index contributed by atoms with van der Waals surface area (Å²) in [5.41, 5.74) is 3.81. The Morgan fingerprint density at radius 3 is 2.45 bits per heavy atom. The molecule has 0 saturated heterocycles. The number of aryl methyl sites for hydroxylation is 2. The van der Waals surface area contributed by atoms with Crippen LogP contribution in [0.25, 0.3) is 10.8 Å². The maximum absolute atomic E-state index is 12.8. The molecule has 0 unspecified atom stereocenters. The molecular formula is C23H22Cl3N3OS. The Morgan fingerprint density at radius 2 is 1.71 bits per heavy atom. The number of fused-ring (bicyclic) bond motifs is 1. The van der Waals surface area contributed by atoms with Crippen LogP contribution in [0.5, 0.6) is 0 Å². The van der Waals surface area contributed by atoms with Crippen LogP contribution in [-0.2, 0) is 11.2 Å². The minimum absolute atomic E-state index is 0.136. The van der Waals surface area contributed by atoms with Gasteiger partial charge in [-0.15, -0.1) is 0 Å². The number of amides is 1. The second-order valence-electron chi connectivity index (χ2n) is 7.27. The zero-order valence-corrected chi connectivity index (χ0v) is 20.1. The molecule has 31 heavy (non-hydrogen) atoms. The molecule has 0 aliphatic heterocycles. The van der Waals surface area contributed by atoms with Gasteiger partial charge >= 0.3 is 0 Å². The van der Waals surface area contributed by atoms with Gasteiger partial charge in [0.05, 0.1) is 6.42 Å². The lowest BCUT2D eigenvalue weighted by Crippen LogP contribution is -2.56. The number of thiocarbonyl (C=S) groups is 1. The number of alkyl halides is 3. The van der Waals surface area contributed by atoms with Gasteiger partial charge in [-0.25, -0.2) is 0 Å². The molecule has 0 saturated carbocycles. The van der Waals surface area contributed by atoms with Gasteiger partial charge in [0.25, 0.3) is 0 Å². The number of carbonyl (C=O) groups is 1. The largest absolute Gasteiger partial charge is 0.339 e. The maximum Gasteiger partial charge on any atom is 0.228 e. The summed E-state index contributed by atoms with van der Waals surface area (Å²) in [4.78, 5) is 12.8. The van der Waals surface area contributed by atoms with E-state index in [0.717, 1.165) is 33.2 Å². The summed E-state index contributed by atoms with van der Waals surface area (Å²) in [7, 11) is 0. The third-order valence-corrected chi connectivity index (χ3v) is 5.65. The van der Waals surface area contributed by atoms with Crippen molar-refractivity contribution in [2.24, 2.45) is 0 Å². The summed E-state index contributed by atoms with van der Waals surface area (Å²) in [6.45, 7) is 3.95. The molecule has 8 heteroatoms. The highest BCUT2D eigenvalue weighted by Crippen LogP contribution is 2.29. The molecule has 162 valence electrons. The van der Waals surface area contributed by atoms with E-state index >= 15 is 0 Å². The zero-order chi connectivity index (χ0) is 22.6. The van der Waals surface area contributed by atoms with E-state index in [0.29, 0.717) is 0 Å². The molecule has 0 aromatic heterocycles. The van der Waals surface area contributed by atoms with Crippen LogP contribution in [0.2, 0.25) is 0 Å². The molecule has 0 spiro atoms. The normalized spacial score (nSPS) is 12.3. The SMILES string of the molecule is Cc1ccc(C)c(NC(=S)N[C@@H](NC(=O)Cc2cccc3ccccc23)C(Cl)(Cl)Cl)c1. The fourth-order valence-corrected chi connectivity index (χ4v) is 3.75. The minimum atomic E-state index is -1.82. The fraction of sp³-hybridized carbons (Fsp3) is 0.217. The lowest BCUT2D eigenvalue weighted by molar-refractivity contribution is -0.121. The Bertz CT molecular complexity index is 1110. The van der Waals surface area contributed by atoms with Crippen molar-refractivity contribution >= 4 is 74.5 Å². The van der Waals surface area contributed by atoms with E-state index in [1.165, 1.54) is 0 Å². The topological polar surface area (TPSA) is 53.2 Å². The Balaban J connectivity index is 1.70. The molecule has 0 aliphatic carbocycles. The van der Waals surface area contributed by atoms with E-state index in [1.807, 2.05) is 74.5 Å². The van der Waals surface area contributed by atoms with Crippen molar-refractivity contribution in [3.05, 3.63) is 77.4 Å². The van der Waals surface area contributed by atoms with Gasteiger partial charge in [0.1, 0.15) is 6.17 Å². The summed E-state index contributed by atoms with van der Waals surface area (Å²) in [6.07, 6.45) is -0.887. The Kier molecular flexibility index (Phi) is 7.65. The molecule has 3 N–H and O–H groups in total. The van der Waals surface area contributed by atoms with Gasteiger partial charge < -0.3 is 16.0 Å². The van der Waals surface area contributed by atoms with Crippen molar-refractivity contribution in [1.82, 2.24) is 10.6 Å². The smallest absolute Gasteiger partial charge is 0.228 e.